The topological polar surface area (TPSA) is 50.4 Å². The fourth-order valence-electron chi connectivity index (χ4n) is 2.48. The van der Waals surface area contributed by atoms with E-state index in [-0.39, 0.29) is 5.91 Å². The summed E-state index contributed by atoms with van der Waals surface area (Å²) in [6.45, 7) is 7.57. The van der Waals surface area contributed by atoms with Gasteiger partial charge in [0, 0.05) is 24.3 Å². The standard InChI is InChI=1S/C21H27BrN2O2/c1-4-10-26-20-9-8-16(12-19(20)22)14-23-17-6-5-7-18(13-17)24-21(25)11-15(2)3/h5-9,12-13,15,23H,4,10-11,14H2,1-3H3,(H,24,25). The fourth-order valence-corrected chi connectivity index (χ4v) is 3.02. The third-order valence-corrected chi connectivity index (χ3v) is 4.31. The van der Waals surface area contributed by atoms with Crippen molar-refractivity contribution >= 4 is 33.2 Å². The predicted octanol–water partition coefficient (Wildman–Crippen LogP) is 5.83. The van der Waals surface area contributed by atoms with Gasteiger partial charge < -0.3 is 15.4 Å². The van der Waals surface area contributed by atoms with Crippen molar-refractivity contribution in [1.82, 2.24) is 0 Å². The van der Waals surface area contributed by atoms with Crippen LogP contribution in [0.4, 0.5) is 11.4 Å². The first-order valence-corrected chi connectivity index (χ1v) is 9.82. The lowest BCUT2D eigenvalue weighted by Crippen LogP contribution is -2.13. The average molecular weight is 419 g/mol. The molecule has 140 valence electrons. The molecule has 2 aromatic carbocycles. The number of rotatable bonds is 9. The van der Waals surface area contributed by atoms with E-state index in [1.165, 1.54) is 0 Å². The van der Waals surface area contributed by atoms with Crippen molar-refractivity contribution in [2.24, 2.45) is 5.92 Å². The van der Waals surface area contributed by atoms with Crippen LogP contribution in [0.1, 0.15) is 39.2 Å². The van der Waals surface area contributed by atoms with Crippen LogP contribution >= 0.6 is 15.9 Å². The maximum Gasteiger partial charge on any atom is 0.224 e. The second-order valence-electron chi connectivity index (χ2n) is 6.69. The van der Waals surface area contributed by atoms with Crippen molar-refractivity contribution in [3.8, 4) is 5.75 Å². The number of ether oxygens (including phenoxy) is 1. The molecule has 0 heterocycles. The van der Waals surface area contributed by atoms with Gasteiger partial charge in [-0.05, 0) is 64.2 Å². The van der Waals surface area contributed by atoms with Gasteiger partial charge in [-0.3, -0.25) is 4.79 Å². The number of hydrogen-bond donors (Lipinski definition) is 2. The first-order valence-electron chi connectivity index (χ1n) is 9.03. The Labute approximate surface area is 164 Å². The van der Waals surface area contributed by atoms with Crippen LogP contribution in [0.25, 0.3) is 0 Å². The van der Waals surface area contributed by atoms with Crippen molar-refractivity contribution in [3.05, 3.63) is 52.5 Å². The van der Waals surface area contributed by atoms with Gasteiger partial charge in [-0.1, -0.05) is 32.9 Å². The molecule has 1 amide bonds. The zero-order valence-corrected chi connectivity index (χ0v) is 17.2. The summed E-state index contributed by atoms with van der Waals surface area (Å²) in [6.07, 6.45) is 1.51. The second kappa shape index (κ2) is 10.2. The first-order chi connectivity index (χ1) is 12.5. The molecular formula is C21H27BrN2O2. The molecule has 2 aromatic rings. The summed E-state index contributed by atoms with van der Waals surface area (Å²) in [6, 6.07) is 13.9. The number of nitrogens with one attached hydrogen (secondary N) is 2. The molecule has 0 fully saturated rings. The van der Waals surface area contributed by atoms with E-state index in [0.29, 0.717) is 25.5 Å². The number of carbonyl (C=O) groups is 1. The highest BCUT2D eigenvalue weighted by Crippen LogP contribution is 2.26. The summed E-state index contributed by atoms with van der Waals surface area (Å²) in [7, 11) is 0. The molecule has 0 spiro atoms. The van der Waals surface area contributed by atoms with Gasteiger partial charge in [0.05, 0.1) is 11.1 Å². The van der Waals surface area contributed by atoms with E-state index in [9.17, 15) is 4.79 Å². The molecule has 4 nitrogen and oxygen atoms in total. The SMILES string of the molecule is CCCOc1ccc(CNc2cccc(NC(=O)CC(C)C)c2)cc1Br. The van der Waals surface area contributed by atoms with Gasteiger partial charge in [0.25, 0.3) is 0 Å². The highest BCUT2D eigenvalue weighted by molar-refractivity contribution is 9.10. The molecule has 0 aliphatic rings. The van der Waals surface area contributed by atoms with Crippen LogP contribution in [0.2, 0.25) is 0 Å². The van der Waals surface area contributed by atoms with E-state index >= 15 is 0 Å². The van der Waals surface area contributed by atoms with Gasteiger partial charge in [0.15, 0.2) is 0 Å². The fraction of sp³-hybridized carbons (Fsp3) is 0.381. The molecule has 0 aliphatic heterocycles. The van der Waals surface area contributed by atoms with Gasteiger partial charge >= 0.3 is 0 Å². The number of halogens is 1. The molecule has 0 bridgehead atoms. The molecule has 0 saturated carbocycles. The van der Waals surface area contributed by atoms with E-state index in [1.807, 2.05) is 44.2 Å². The smallest absolute Gasteiger partial charge is 0.224 e. The lowest BCUT2D eigenvalue weighted by Gasteiger charge is -2.12. The van der Waals surface area contributed by atoms with Crippen LogP contribution in [0.3, 0.4) is 0 Å². The Kier molecular flexibility index (Phi) is 7.98. The molecule has 26 heavy (non-hydrogen) atoms. The Bertz CT molecular complexity index is 732. The Morgan fingerprint density at radius 3 is 2.62 bits per heavy atom. The normalized spacial score (nSPS) is 10.7. The van der Waals surface area contributed by atoms with Crippen LogP contribution in [0.15, 0.2) is 46.9 Å². The van der Waals surface area contributed by atoms with E-state index in [2.05, 4.69) is 45.6 Å². The quantitative estimate of drug-likeness (QED) is 0.537. The zero-order valence-electron chi connectivity index (χ0n) is 15.6. The molecule has 0 unspecified atom stereocenters. The third kappa shape index (κ3) is 6.71. The van der Waals surface area contributed by atoms with Gasteiger partial charge in [0.1, 0.15) is 5.75 Å². The van der Waals surface area contributed by atoms with Crippen molar-refractivity contribution in [1.29, 1.82) is 0 Å². The maximum atomic E-state index is 11.9. The molecule has 0 atom stereocenters. The molecule has 0 saturated heterocycles. The lowest BCUT2D eigenvalue weighted by molar-refractivity contribution is -0.116. The molecule has 0 aliphatic carbocycles. The van der Waals surface area contributed by atoms with Gasteiger partial charge in [-0.2, -0.15) is 0 Å². The Balaban J connectivity index is 1.94. The minimum atomic E-state index is 0.0451. The monoisotopic (exact) mass is 418 g/mol. The highest BCUT2D eigenvalue weighted by Gasteiger charge is 2.06. The summed E-state index contributed by atoms with van der Waals surface area (Å²) in [4.78, 5) is 11.9. The average Bonchev–Trinajstić information content (AvgIpc) is 2.58. The predicted molar refractivity (Wildman–Crippen MR) is 112 cm³/mol. The molecule has 0 radical (unpaired) electrons. The van der Waals surface area contributed by atoms with E-state index in [0.717, 1.165) is 33.6 Å². The number of amides is 1. The first kappa shape index (κ1) is 20.3. The van der Waals surface area contributed by atoms with Crippen molar-refractivity contribution in [2.45, 2.75) is 40.2 Å². The van der Waals surface area contributed by atoms with Crippen LogP contribution in [-0.2, 0) is 11.3 Å². The van der Waals surface area contributed by atoms with Crippen LogP contribution < -0.4 is 15.4 Å². The molecule has 2 rings (SSSR count). The second-order valence-corrected chi connectivity index (χ2v) is 7.55. The number of carbonyl (C=O) groups excluding carboxylic acids is 1. The summed E-state index contributed by atoms with van der Waals surface area (Å²) < 4.78 is 6.63. The molecule has 0 aromatic heterocycles. The number of hydrogen-bond acceptors (Lipinski definition) is 3. The van der Waals surface area contributed by atoms with Crippen molar-refractivity contribution in [2.75, 3.05) is 17.2 Å². The van der Waals surface area contributed by atoms with Crippen LogP contribution in [-0.4, -0.2) is 12.5 Å². The van der Waals surface area contributed by atoms with Crippen molar-refractivity contribution < 1.29 is 9.53 Å². The summed E-state index contributed by atoms with van der Waals surface area (Å²) in [5, 5.41) is 6.34. The molecule has 5 heteroatoms. The van der Waals surface area contributed by atoms with Gasteiger partial charge in [-0.15, -0.1) is 0 Å². The lowest BCUT2D eigenvalue weighted by atomic mass is 10.1. The Hall–Kier alpha value is -2.01. The minimum absolute atomic E-state index is 0.0451. The van der Waals surface area contributed by atoms with Gasteiger partial charge in [0.2, 0.25) is 5.91 Å². The Morgan fingerprint density at radius 2 is 1.92 bits per heavy atom. The molecular weight excluding hydrogens is 392 g/mol. The maximum absolute atomic E-state index is 11.9. The van der Waals surface area contributed by atoms with Gasteiger partial charge in [-0.25, -0.2) is 0 Å². The van der Waals surface area contributed by atoms with E-state index in [1.54, 1.807) is 0 Å². The summed E-state index contributed by atoms with van der Waals surface area (Å²) in [5.74, 6) is 1.26. The van der Waals surface area contributed by atoms with E-state index < -0.39 is 0 Å². The molecule has 2 N–H and O–H groups in total. The zero-order chi connectivity index (χ0) is 18.9. The number of benzene rings is 2. The Morgan fingerprint density at radius 1 is 1.15 bits per heavy atom. The largest absolute Gasteiger partial charge is 0.492 e. The van der Waals surface area contributed by atoms with E-state index in [4.69, 9.17) is 4.74 Å². The highest BCUT2D eigenvalue weighted by atomic mass is 79.9. The summed E-state index contributed by atoms with van der Waals surface area (Å²) in [5.41, 5.74) is 2.93. The third-order valence-electron chi connectivity index (χ3n) is 3.69. The summed E-state index contributed by atoms with van der Waals surface area (Å²) >= 11 is 3.56. The number of anilines is 2. The van der Waals surface area contributed by atoms with Crippen molar-refractivity contribution in [3.63, 3.8) is 0 Å². The van der Waals surface area contributed by atoms with Crippen LogP contribution in [0, 0.1) is 5.92 Å². The minimum Gasteiger partial charge on any atom is -0.492 e. The van der Waals surface area contributed by atoms with Crippen LogP contribution in [0.5, 0.6) is 5.75 Å².